The number of rotatable bonds is 9. The van der Waals surface area contributed by atoms with Crippen molar-refractivity contribution in [3.05, 3.63) is 47.5 Å². The molecular formula is C20H25NO4S. The van der Waals surface area contributed by atoms with Gasteiger partial charge in [-0.25, -0.2) is 0 Å². The van der Waals surface area contributed by atoms with Gasteiger partial charge in [-0.15, -0.1) is 11.8 Å². The van der Waals surface area contributed by atoms with Gasteiger partial charge in [-0.1, -0.05) is 17.7 Å². The van der Waals surface area contributed by atoms with Gasteiger partial charge < -0.3 is 19.5 Å². The van der Waals surface area contributed by atoms with Gasteiger partial charge in [0.25, 0.3) is 5.91 Å². The van der Waals surface area contributed by atoms with Gasteiger partial charge in [-0.2, -0.15) is 0 Å². The fourth-order valence-electron chi connectivity index (χ4n) is 2.34. The molecule has 0 saturated carbocycles. The molecule has 26 heavy (non-hydrogen) atoms. The third-order valence-corrected chi connectivity index (χ3v) is 4.68. The molecule has 5 nitrogen and oxygen atoms in total. The highest BCUT2D eigenvalue weighted by molar-refractivity contribution is 7.99. The van der Waals surface area contributed by atoms with E-state index in [0.29, 0.717) is 23.8 Å². The minimum atomic E-state index is -0.181. The Kier molecular flexibility index (Phi) is 7.66. The summed E-state index contributed by atoms with van der Waals surface area (Å²) in [5.74, 6) is 2.14. The van der Waals surface area contributed by atoms with E-state index in [1.165, 1.54) is 10.5 Å². The van der Waals surface area contributed by atoms with Gasteiger partial charge in [0.2, 0.25) is 5.75 Å². The average Bonchev–Trinajstić information content (AvgIpc) is 2.64. The molecule has 0 unspecified atom stereocenters. The molecule has 0 saturated heterocycles. The molecule has 0 aliphatic rings. The number of hydrogen-bond donors (Lipinski definition) is 1. The first-order valence-corrected chi connectivity index (χ1v) is 9.33. The second-order valence-electron chi connectivity index (χ2n) is 5.80. The summed E-state index contributed by atoms with van der Waals surface area (Å²) in [6.07, 6.45) is 0. The van der Waals surface area contributed by atoms with Crippen molar-refractivity contribution in [1.82, 2.24) is 5.32 Å². The molecule has 0 aliphatic heterocycles. The predicted octanol–water partition coefficient (Wildman–Crippen LogP) is 3.61. The number of carbonyl (C=O) groups is 1. The number of amides is 1. The summed E-state index contributed by atoms with van der Waals surface area (Å²) in [7, 11) is 3.12. The molecule has 2 aromatic carbocycles. The fourth-order valence-corrected chi connectivity index (χ4v) is 3.10. The fraction of sp³-hybridized carbons (Fsp3) is 0.350. The maximum absolute atomic E-state index is 12.0. The van der Waals surface area contributed by atoms with Crippen LogP contribution in [0, 0.1) is 13.8 Å². The molecule has 0 aromatic heterocycles. The highest BCUT2D eigenvalue weighted by Gasteiger charge is 2.14. The Morgan fingerprint density at radius 2 is 1.62 bits per heavy atom. The number of aryl methyl sites for hydroxylation is 2. The van der Waals surface area contributed by atoms with E-state index >= 15 is 0 Å². The van der Waals surface area contributed by atoms with Crippen LogP contribution in [0.25, 0.3) is 0 Å². The first-order valence-electron chi connectivity index (χ1n) is 8.35. The van der Waals surface area contributed by atoms with Crippen LogP contribution in [-0.4, -0.2) is 39.0 Å². The lowest BCUT2D eigenvalue weighted by atomic mass is 10.2. The summed E-state index contributed by atoms with van der Waals surface area (Å²) in [6, 6.07) is 12.0. The maximum atomic E-state index is 12.0. The topological polar surface area (TPSA) is 56.8 Å². The third-order valence-electron chi connectivity index (χ3n) is 3.67. The lowest BCUT2D eigenvalue weighted by Crippen LogP contribution is -2.30. The lowest BCUT2D eigenvalue weighted by molar-refractivity contribution is -0.123. The van der Waals surface area contributed by atoms with Crippen LogP contribution in [0.2, 0.25) is 0 Å². The van der Waals surface area contributed by atoms with Crippen LogP contribution >= 0.6 is 11.8 Å². The molecule has 0 atom stereocenters. The van der Waals surface area contributed by atoms with Crippen LogP contribution in [0.5, 0.6) is 17.2 Å². The van der Waals surface area contributed by atoms with Gasteiger partial charge in [0.05, 0.1) is 14.2 Å². The Morgan fingerprint density at radius 3 is 2.19 bits per heavy atom. The molecule has 0 spiro atoms. The number of nitrogens with one attached hydrogen (secondary N) is 1. The van der Waals surface area contributed by atoms with Gasteiger partial charge in [-0.3, -0.25) is 4.79 Å². The molecule has 6 heteroatoms. The Hall–Kier alpha value is -2.34. The van der Waals surface area contributed by atoms with Crippen LogP contribution < -0.4 is 19.5 Å². The smallest absolute Gasteiger partial charge is 0.257 e. The summed E-state index contributed by atoms with van der Waals surface area (Å²) >= 11 is 1.70. The van der Waals surface area contributed by atoms with Crippen molar-refractivity contribution in [1.29, 1.82) is 0 Å². The number of benzene rings is 2. The average molecular weight is 375 g/mol. The zero-order chi connectivity index (χ0) is 18.9. The zero-order valence-electron chi connectivity index (χ0n) is 15.6. The first kappa shape index (κ1) is 20.0. The number of methoxy groups -OCH3 is 2. The third kappa shape index (κ3) is 5.88. The van der Waals surface area contributed by atoms with E-state index in [1.54, 1.807) is 26.0 Å². The number of ether oxygens (including phenoxy) is 3. The van der Waals surface area contributed by atoms with Crippen molar-refractivity contribution in [3.8, 4) is 17.2 Å². The van der Waals surface area contributed by atoms with E-state index < -0.39 is 0 Å². The molecule has 1 N–H and O–H groups in total. The van der Waals surface area contributed by atoms with Crippen LogP contribution in [0.3, 0.4) is 0 Å². The van der Waals surface area contributed by atoms with Crippen molar-refractivity contribution in [2.75, 3.05) is 33.1 Å². The Morgan fingerprint density at radius 1 is 1.00 bits per heavy atom. The normalized spacial score (nSPS) is 10.3. The molecule has 0 radical (unpaired) electrons. The van der Waals surface area contributed by atoms with E-state index in [4.69, 9.17) is 14.2 Å². The lowest BCUT2D eigenvalue weighted by Gasteiger charge is -2.15. The van der Waals surface area contributed by atoms with Gasteiger partial charge in [0, 0.05) is 17.2 Å². The quantitative estimate of drug-likeness (QED) is 0.536. The highest BCUT2D eigenvalue weighted by Crippen LogP contribution is 2.38. The number of thioether (sulfide) groups is 1. The van der Waals surface area contributed by atoms with Crippen LogP contribution in [0.4, 0.5) is 0 Å². The number of hydrogen-bond acceptors (Lipinski definition) is 5. The number of carbonyl (C=O) groups excluding carboxylic acids is 1. The summed E-state index contributed by atoms with van der Waals surface area (Å²) in [6.45, 7) is 4.48. The SMILES string of the molecule is COc1cc(C)cc(OC)c1OCC(=O)NCCSc1ccc(C)cc1. The van der Waals surface area contributed by atoms with E-state index in [1.807, 2.05) is 19.1 Å². The standard InChI is InChI=1S/C20H25NO4S/c1-14-5-7-16(8-6-14)26-10-9-21-19(22)13-25-20-17(23-3)11-15(2)12-18(20)24-4/h5-8,11-12H,9-10,13H2,1-4H3,(H,21,22). The van der Waals surface area contributed by atoms with Crippen LogP contribution in [0.15, 0.2) is 41.3 Å². The van der Waals surface area contributed by atoms with Gasteiger partial charge in [0.1, 0.15) is 0 Å². The monoisotopic (exact) mass is 375 g/mol. The summed E-state index contributed by atoms with van der Waals surface area (Å²) in [5.41, 5.74) is 2.23. The Balaban J connectivity index is 1.79. The maximum Gasteiger partial charge on any atom is 0.257 e. The van der Waals surface area contributed by atoms with Crippen molar-refractivity contribution >= 4 is 17.7 Å². The second-order valence-corrected chi connectivity index (χ2v) is 6.97. The predicted molar refractivity (Wildman–Crippen MR) is 105 cm³/mol. The minimum Gasteiger partial charge on any atom is -0.493 e. The summed E-state index contributed by atoms with van der Waals surface area (Å²) in [4.78, 5) is 13.2. The molecule has 0 heterocycles. The van der Waals surface area contributed by atoms with Crippen molar-refractivity contribution in [2.24, 2.45) is 0 Å². The first-order chi connectivity index (χ1) is 12.5. The second kappa shape index (κ2) is 9.97. The molecular weight excluding hydrogens is 350 g/mol. The summed E-state index contributed by atoms with van der Waals surface area (Å²) in [5, 5.41) is 2.85. The largest absolute Gasteiger partial charge is 0.493 e. The summed E-state index contributed by atoms with van der Waals surface area (Å²) < 4.78 is 16.3. The molecule has 0 aliphatic carbocycles. The molecule has 2 aromatic rings. The van der Waals surface area contributed by atoms with Gasteiger partial charge in [-0.05, 0) is 43.7 Å². The Labute approximate surface area is 159 Å². The molecule has 2 rings (SSSR count). The zero-order valence-corrected chi connectivity index (χ0v) is 16.4. The van der Waals surface area contributed by atoms with E-state index in [0.717, 1.165) is 11.3 Å². The molecule has 1 amide bonds. The van der Waals surface area contributed by atoms with Gasteiger partial charge in [0.15, 0.2) is 18.1 Å². The van der Waals surface area contributed by atoms with Crippen LogP contribution in [0.1, 0.15) is 11.1 Å². The van der Waals surface area contributed by atoms with Crippen LogP contribution in [-0.2, 0) is 4.79 Å². The van der Waals surface area contributed by atoms with Crippen molar-refractivity contribution < 1.29 is 19.0 Å². The van der Waals surface area contributed by atoms with E-state index in [2.05, 4.69) is 36.5 Å². The Bertz CT molecular complexity index is 706. The minimum absolute atomic E-state index is 0.0923. The van der Waals surface area contributed by atoms with E-state index in [9.17, 15) is 4.79 Å². The van der Waals surface area contributed by atoms with E-state index in [-0.39, 0.29) is 12.5 Å². The van der Waals surface area contributed by atoms with Gasteiger partial charge >= 0.3 is 0 Å². The van der Waals surface area contributed by atoms with Crippen molar-refractivity contribution in [2.45, 2.75) is 18.7 Å². The molecule has 0 bridgehead atoms. The molecule has 140 valence electrons. The highest BCUT2D eigenvalue weighted by atomic mass is 32.2. The van der Waals surface area contributed by atoms with Crippen molar-refractivity contribution in [3.63, 3.8) is 0 Å². The molecule has 0 fully saturated rings.